The van der Waals surface area contributed by atoms with Crippen LogP contribution in [0.3, 0.4) is 0 Å². The summed E-state index contributed by atoms with van der Waals surface area (Å²) in [6, 6.07) is 4.02. The van der Waals surface area contributed by atoms with Crippen molar-refractivity contribution in [2.75, 3.05) is 6.61 Å². The molecule has 0 radical (unpaired) electrons. The third kappa shape index (κ3) is 1.85. The van der Waals surface area contributed by atoms with Gasteiger partial charge in [0, 0.05) is 5.41 Å². The van der Waals surface area contributed by atoms with Gasteiger partial charge in [-0.3, -0.25) is 4.79 Å². The molecule has 23 heavy (non-hydrogen) atoms. The number of aryl methyl sites for hydroxylation is 1. The van der Waals surface area contributed by atoms with Crippen molar-refractivity contribution in [1.82, 2.24) is 0 Å². The van der Waals surface area contributed by atoms with E-state index < -0.39 is 5.41 Å². The average Bonchev–Trinajstić information content (AvgIpc) is 2.51. The van der Waals surface area contributed by atoms with Gasteiger partial charge < -0.3 is 9.84 Å². The average molecular weight is 314 g/mol. The number of fused-ring (bicyclic) bond motifs is 1. The molecule has 1 N–H and O–H groups in total. The van der Waals surface area contributed by atoms with Crippen LogP contribution >= 0.6 is 0 Å². The lowest BCUT2D eigenvalue weighted by atomic mass is 9.48. The van der Waals surface area contributed by atoms with Gasteiger partial charge >= 0.3 is 5.97 Å². The summed E-state index contributed by atoms with van der Waals surface area (Å²) in [5.74, 6) is 0.906. The van der Waals surface area contributed by atoms with Gasteiger partial charge in [-0.1, -0.05) is 33.3 Å². The smallest absolute Gasteiger partial charge is 0.316 e. The summed E-state index contributed by atoms with van der Waals surface area (Å²) in [5.41, 5.74) is 2.85. The molecule has 2 bridgehead atoms. The maximum atomic E-state index is 12.9. The molecule has 1 aromatic rings. The molecule has 0 amide bonds. The number of carbonyl (C=O) groups is 1. The minimum atomic E-state index is -0.522. The lowest BCUT2D eigenvalue weighted by Crippen LogP contribution is -2.61. The lowest BCUT2D eigenvalue weighted by molar-refractivity contribution is -0.183. The first-order chi connectivity index (χ1) is 10.9. The summed E-state index contributed by atoms with van der Waals surface area (Å²) in [4.78, 5) is 12.9. The van der Waals surface area contributed by atoms with Crippen molar-refractivity contribution < 1.29 is 14.6 Å². The van der Waals surface area contributed by atoms with Crippen LogP contribution in [0.4, 0.5) is 0 Å². The third-order valence-electron chi connectivity index (χ3n) is 6.71. The minimum absolute atomic E-state index is 0.0580. The van der Waals surface area contributed by atoms with E-state index in [4.69, 9.17) is 4.74 Å². The first-order valence-corrected chi connectivity index (χ1v) is 8.92. The molecular formula is C20H26O3. The Bertz CT molecular complexity index is 678. The number of carbonyl (C=O) groups excluding carboxylic acids is 1. The molecule has 2 fully saturated rings. The van der Waals surface area contributed by atoms with E-state index in [9.17, 15) is 9.90 Å². The second-order valence-corrected chi connectivity index (χ2v) is 8.37. The molecule has 3 nitrogen and oxygen atoms in total. The monoisotopic (exact) mass is 314 g/mol. The van der Waals surface area contributed by atoms with Gasteiger partial charge in [-0.2, -0.15) is 0 Å². The number of cyclic esters (lactones) is 1. The van der Waals surface area contributed by atoms with Gasteiger partial charge in [-0.25, -0.2) is 0 Å². The van der Waals surface area contributed by atoms with E-state index in [-0.39, 0.29) is 17.3 Å². The Labute approximate surface area is 138 Å². The number of esters is 1. The predicted molar refractivity (Wildman–Crippen MR) is 88.6 cm³/mol. The molecule has 0 aromatic heterocycles. The van der Waals surface area contributed by atoms with Gasteiger partial charge in [0.15, 0.2) is 0 Å². The highest BCUT2D eigenvalue weighted by atomic mass is 16.5. The SMILES string of the molecule is CC(C)c1cc2c(cc1O)[C@]13CCC[C@](C)(COC1=O)[C@@H]3CC2. The van der Waals surface area contributed by atoms with Crippen LogP contribution in [-0.2, 0) is 21.4 Å². The van der Waals surface area contributed by atoms with E-state index in [1.54, 1.807) is 0 Å². The molecule has 1 heterocycles. The zero-order valence-electron chi connectivity index (χ0n) is 14.3. The van der Waals surface area contributed by atoms with Gasteiger partial charge in [0.1, 0.15) is 5.75 Å². The van der Waals surface area contributed by atoms with Crippen LogP contribution in [0, 0.1) is 11.3 Å². The van der Waals surface area contributed by atoms with Crippen molar-refractivity contribution in [3.8, 4) is 5.75 Å². The number of phenols is 1. The number of hydrogen-bond acceptors (Lipinski definition) is 3. The Morgan fingerprint density at radius 3 is 2.83 bits per heavy atom. The third-order valence-corrected chi connectivity index (χ3v) is 6.71. The molecule has 3 heteroatoms. The van der Waals surface area contributed by atoms with Crippen LogP contribution in [0.5, 0.6) is 5.75 Å². The van der Waals surface area contributed by atoms with Crippen LogP contribution in [0.1, 0.15) is 69.1 Å². The molecule has 1 saturated carbocycles. The predicted octanol–water partition coefficient (Wildman–Crippen LogP) is 4.06. The zero-order chi connectivity index (χ0) is 16.4. The first-order valence-electron chi connectivity index (χ1n) is 8.92. The van der Waals surface area contributed by atoms with Crippen LogP contribution < -0.4 is 0 Å². The maximum Gasteiger partial charge on any atom is 0.316 e. The second kappa shape index (κ2) is 4.75. The zero-order valence-corrected chi connectivity index (χ0v) is 14.3. The topological polar surface area (TPSA) is 46.5 Å². The highest BCUT2D eigenvalue weighted by Crippen LogP contribution is 2.60. The number of aromatic hydroxyl groups is 1. The van der Waals surface area contributed by atoms with Crippen molar-refractivity contribution in [2.24, 2.45) is 11.3 Å². The van der Waals surface area contributed by atoms with Gasteiger partial charge in [0.2, 0.25) is 0 Å². The van der Waals surface area contributed by atoms with E-state index in [1.807, 2.05) is 6.07 Å². The Morgan fingerprint density at radius 2 is 2.09 bits per heavy atom. The summed E-state index contributed by atoms with van der Waals surface area (Å²) >= 11 is 0. The van der Waals surface area contributed by atoms with Crippen molar-refractivity contribution in [2.45, 2.75) is 64.2 Å². The molecule has 2 aliphatic carbocycles. The van der Waals surface area contributed by atoms with Crippen molar-refractivity contribution in [1.29, 1.82) is 0 Å². The summed E-state index contributed by atoms with van der Waals surface area (Å²) in [6.07, 6.45) is 5.12. The lowest BCUT2D eigenvalue weighted by Gasteiger charge is -2.58. The van der Waals surface area contributed by atoms with E-state index >= 15 is 0 Å². The minimum Gasteiger partial charge on any atom is -0.508 e. The van der Waals surface area contributed by atoms with Gasteiger partial charge in [-0.15, -0.1) is 0 Å². The van der Waals surface area contributed by atoms with Crippen molar-refractivity contribution in [3.05, 3.63) is 28.8 Å². The van der Waals surface area contributed by atoms with Crippen LogP contribution in [0.15, 0.2) is 12.1 Å². The summed E-state index contributed by atoms with van der Waals surface area (Å²) in [6.45, 7) is 7.03. The molecule has 0 spiro atoms. The van der Waals surface area contributed by atoms with Crippen molar-refractivity contribution >= 4 is 5.97 Å². The normalized spacial score (nSPS) is 35.5. The summed E-state index contributed by atoms with van der Waals surface area (Å²) in [7, 11) is 0. The van der Waals surface area contributed by atoms with Gasteiger partial charge in [0.05, 0.1) is 12.0 Å². The molecule has 124 valence electrons. The second-order valence-electron chi connectivity index (χ2n) is 8.37. The number of rotatable bonds is 1. The highest BCUT2D eigenvalue weighted by molar-refractivity contribution is 5.86. The van der Waals surface area contributed by atoms with E-state index in [0.717, 1.165) is 43.2 Å². The summed E-state index contributed by atoms with van der Waals surface area (Å²) in [5, 5.41) is 10.5. The fourth-order valence-electron chi connectivity index (χ4n) is 5.55. The highest BCUT2D eigenvalue weighted by Gasteiger charge is 2.62. The van der Waals surface area contributed by atoms with Gasteiger partial charge in [-0.05, 0) is 60.3 Å². The molecular weight excluding hydrogens is 288 g/mol. The molecule has 4 rings (SSSR count). The largest absolute Gasteiger partial charge is 0.508 e. The Hall–Kier alpha value is -1.51. The Kier molecular flexibility index (Phi) is 3.11. The van der Waals surface area contributed by atoms with Crippen LogP contribution in [0.2, 0.25) is 0 Å². The first kappa shape index (κ1) is 15.0. The van der Waals surface area contributed by atoms with E-state index in [1.165, 1.54) is 5.56 Å². The number of ether oxygens (including phenoxy) is 1. The molecule has 3 atom stereocenters. The molecule has 0 unspecified atom stereocenters. The summed E-state index contributed by atoms with van der Waals surface area (Å²) < 4.78 is 5.66. The van der Waals surface area contributed by atoms with Gasteiger partial charge in [0.25, 0.3) is 0 Å². The Balaban J connectivity index is 1.93. The molecule has 3 aliphatic rings. The number of phenolic OH excluding ortho intramolecular Hbond substituents is 1. The van der Waals surface area contributed by atoms with Crippen molar-refractivity contribution in [3.63, 3.8) is 0 Å². The number of benzene rings is 1. The fraction of sp³-hybridized carbons (Fsp3) is 0.650. The number of hydrogen-bond donors (Lipinski definition) is 1. The molecule has 1 saturated heterocycles. The Morgan fingerprint density at radius 1 is 1.30 bits per heavy atom. The van der Waals surface area contributed by atoms with Crippen LogP contribution in [0.25, 0.3) is 0 Å². The maximum absolute atomic E-state index is 12.9. The van der Waals surface area contributed by atoms with Crippen LogP contribution in [-0.4, -0.2) is 17.7 Å². The fourth-order valence-corrected chi connectivity index (χ4v) is 5.55. The standard InChI is InChI=1S/C20H26O3/c1-12(2)14-9-13-5-6-17-19(3)7-4-8-20(17,18(22)23-11-19)15(13)10-16(14)21/h9-10,12,17,21H,4-8,11H2,1-3H3/t17-,19+,20-/m0/s1. The van der Waals surface area contributed by atoms with E-state index in [2.05, 4.69) is 26.8 Å². The quantitative estimate of drug-likeness (QED) is 0.795. The van der Waals surface area contributed by atoms with E-state index in [0.29, 0.717) is 18.3 Å². The molecule has 1 aromatic carbocycles. The molecule has 1 aliphatic heterocycles.